The fourth-order valence-electron chi connectivity index (χ4n) is 1.60. The first-order valence-electron chi connectivity index (χ1n) is 4.85. The molecule has 1 rings (SSSR count). The Hall–Kier alpha value is -0.610. The molecule has 0 aliphatic carbocycles. The van der Waals surface area contributed by atoms with Gasteiger partial charge in [-0.2, -0.15) is 0 Å². The van der Waals surface area contributed by atoms with Crippen LogP contribution in [0.5, 0.6) is 0 Å². The summed E-state index contributed by atoms with van der Waals surface area (Å²) in [5.41, 5.74) is 5.22. The Bertz CT molecular complexity index is 184. The van der Waals surface area contributed by atoms with E-state index in [1.165, 1.54) is 0 Å². The molecule has 0 spiro atoms. The standard InChI is InChI=1S/C9H19N3O/c1-7(9(10)13)6-12-4-3-11-5-8(12)2/h7-8,11H,3-6H2,1-2H3,(H2,10,13)/t7?,8-/m1/s1. The summed E-state index contributed by atoms with van der Waals surface area (Å²) >= 11 is 0. The number of primary amides is 1. The molecule has 3 N–H and O–H groups in total. The summed E-state index contributed by atoms with van der Waals surface area (Å²) in [5, 5.41) is 3.31. The normalized spacial score (nSPS) is 27.1. The van der Waals surface area contributed by atoms with Crippen molar-refractivity contribution in [2.45, 2.75) is 19.9 Å². The van der Waals surface area contributed by atoms with Gasteiger partial charge in [0, 0.05) is 38.1 Å². The minimum absolute atomic E-state index is 0.0412. The molecule has 0 aromatic heterocycles. The zero-order chi connectivity index (χ0) is 9.84. The lowest BCUT2D eigenvalue weighted by Crippen LogP contribution is -2.51. The monoisotopic (exact) mass is 185 g/mol. The molecule has 1 heterocycles. The van der Waals surface area contributed by atoms with Crippen molar-refractivity contribution >= 4 is 5.91 Å². The third-order valence-corrected chi connectivity index (χ3v) is 2.63. The lowest BCUT2D eigenvalue weighted by Gasteiger charge is -2.34. The first-order valence-corrected chi connectivity index (χ1v) is 4.85. The maximum absolute atomic E-state index is 10.9. The van der Waals surface area contributed by atoms with Gasteiger partial charge < -0.3 is 11.1 Å². The topological polar surface area (TPSA) is 58.4 Å². The molecule has 0 aromatic carbocycles. The molecule has 1 saturated heterocycles. The number of hydrogen-bond donors (Lipinski definition) is 2. The van der Waals surface area contributed by atoms with Crippen LogP contribution in [0.2, 0.25) is 0 Å². The molecule has 4 heteroatoms. The van der Waals surface area contributed by atoms with Gasteiger partial charge in [0.2, 0.25) is 5.91 Å². The van der Waals surface area contributed by atoms with E-state index in [0.29, 0.717) is 6.04 Å². The van der Waals surface area contributed by atoms with Crippen LogP contribution in [0.4, 0.5) is 0 Å². The molecule has 0 bridgehead atoms. The number of amides is 1. The molecule has 4 nitrogen and oxygen atoms in total. The third-order valence-electron chi connectivity index (χ3n) is 2.63. The van der Waals surface area contributed by atoms with Gasteiger partial charge in [0.1, 0.15) is 0 Å². The van der Waals surface area contributed by atoms with E-state index >= 15 is 0 Å². The summed E-state index contributed by atoms with van der Waals surface area (Å²) in [6, 6.07) is 0.510. The van der Waals surface area contributed by atoms with Crippen molar-refractivity contribution in [2.24, 2.45) is 11.7 Å². The number of rotatable bonds is 3. The van der Waals surface area contributed by atoms with E-state index < -0.39 is 0 Å². The van der Waals surface area contributed by atoms with Gasteiger partial charge in [-0.1, -0.05) is 6.92 Å². The van der Waals surface area contributed by atoms with Crippen molar-refractivity contribution in [1.29, 1.82) is 0 Å². The van der Waals surface area contributed by atoms with Crippen molar-refractivity contribution < 1.29 is 4.79 Å². The predicted octanol–water partition coefficient (Wildman–Crippen LogP) is -0.598. The Kier molecular flexibility index (Phi) is 3.69. The first kappa shape index (κ1) is 10.5. The minimum Gasteiger partial charge on any atom is -0.369 e. The maximum atomic E-state index is 10.9. The van der Waals surface area contributed by atoms with Crippen LogP contribution in [-0.2, 0) is 4.79 Å². The van der Waals surface area contributed by atoms with Crippen LogP contribution in [0, 0.1) is 5.92 Å². The Balaban J connectivity index is 2.37. The van der Waals surface area contributed by atoms with Crippen LogP contribution in [0.15, 0.2) is 0 Å². The molecular weight excluding hydrogens is 166 g/mol. The van der Waals surface area contributed by atoms with Crippen LogP contribution in [0.1, 0.15) is 13.8 Å². The summed E-state index contributed by atoms with van der Waals surface area (Å²) in [6.07, 6.45) is 0. The van der Waals surface area contributed by atoms with Gasteiger partial charge in [0.25, 0.3) is 0 Å². The van der Waals surface area contributed by atoms with Gasteiger partial charge in [0.05, 0.1) is 0 Å². The van der Waals surface area contributed by atoms with Crippen LogP contribution < -0.4 is 11.1 Å². The molecule has 1 aliphatic heterocycles. The molecule has 2 atom stereocenters. The number of piperazine rings is 1. The van der Waals surface area contributed by atoms with Gasteiger partial charge in [-0.25, -0.2) is 0 Å². The number of nitrogens with two attached hydrogens (primary N) is 1. The van der Waals surface area contributed by atoms with Crippen molar-refractivity contribution in [2.75, 3.05) is 26.2 Å². The average Bonchev–Trinajstić information content (AvgIpc) is 2.08. The number of carbonyl (C=O) groups is 1. The van der Waals surface area contributed by atoms with Crippen LogP contribution in [0.25, 0.3) is 0 Å². The Morgan fingerprint density at radius 3 is 3.00 bits per heavy atom. The van der Waals surface area contributed by atoms with Crippen molar-refractivity contribution in [1.82, 2.24) is 10.2 Å². The maximum Gasteiger partial charge on any atom is 0.221 e. The predicted molar refractivity (Wildman–Crippen MR) is 52.3 cm³/mol. The minimum atomic E-state index is -0.203. The highest BCUT2D eigenvalue weighted by Crippen LogP contribution is 2.06. The molecule has 1 fully saturated rings. The van der Waals surface area contributed by atoms with E-state index in [2.05, 4.69) is 17.1 Å². The highest BCUT2D eigenvalue weighted by molar-refractivity contribution is 5.76. The molecule has 0 aromatic rings. The molecule has 1 aliphatic rings. The summed E-state index contributed by atoms with van der Waals surface area (Å²) in [4.78, 5) is 13.2. The molecule has 1 unspecified atom stereocenters. The largest absolute Gasteiger partial charge is 0.369 e. The highest BCUT2D eigenvalue weighted by Gasteiger charge is 2.21. The molecule has 0 radical (unpaired) electrons. The highest BCUT2D eigenvalue weighted by atomic mass is 16.1. The quantitative estimate of drug-likeness (QED) is 0.617. The summed E-state index contributed by atoms with van der Waals surface area (Å²) in [6.45, 7) is 7.87. The number of carbonyl (C=O) groups excluding carboxylic acids is 1. The first-order chi connectivity index (χ1) is 6.11. The van der Waals surface area contributed by atoms with E-state index in [-0.39, 0.29) is 11.8 Å². The Morgan fingerprint density at radius 2 is 2.46 bits per heavy atom. The summed E-state index contributed by atoms with van der Waals surface area (Å²) < 4.78 is 0. The lowest BCUT2D eigenvalue weighted by atomic mass is 10.1. The number of hydrogen-bond acceptors (Lipinski definition) is 3. The second-order valence-electron chi connectivity index (χ2n) is 3.85. The van der Waals surface area contributed by atoms with Gasteiger partial charge in [0.15, 0.2) is 0 Å². The fraction of sp³-hybridized carbons (Fsp3) is 0.889. The molecule has 13 heavy (non-hydrogen) atoms. The average molecular weight is 185 g/mol. The molecule has 0 saturated carbocycles. The second-order valence-corrected chi connectivity index (χ2v) is 3.85. The van der Waals surface area contributed by atoms with Crippen LogP contribution in [-0.4, -0.2) is 43.0 Å². The summed E-state index contributed by atoms with van der Waals surface area (Å²) in [5.74, 6) is -0.244. The zero-order valence-corrected chi connectivity index (χ0v) is 8.42. The van der Waals surface area contributed by atoms with E-state index in [9.17, 15) is 4.79 Å². The summed E-state index contributed by atoms with van der Waals surface area (Å²) in [7, 11) is 0. The Labute approximate surface area is 79.5 Å². The van der Waals surface area contributed by atoms with Gasteiger partial charge in [-0.15, -0.1) is 0 Å². The van der Waals surface area contributed by atoms with Crippen LogP contribution >= 0.6 is 0 Å². The van der Waals surface area contributed by atoms with Gasteiger partial charge in [-0.3, -0.25) is 9.69 Å². The molecular formula is C9H19N3O. The fourth-order valence-corrected chi connectivity index (χ4v) is 1.60. The van der Waals surface area contributed by atoms with Crippen molar-refractivity contribution in [3.05, 3.63) is 0 Å². The second kappa shape index (κ2) is 4.58. The van der Waals surface area contributed by atoms with Gasteiger partial charge in [-0.05, 0) is 6.92 Å². The SMILES string of the molecule is CC(CN1CCNC[C@H]1C)C(N)=O. The van der Waals surface area contributed by atoms with Crippen LogP contribution in [0.3, 0.4) is 0 Å². The molecule has 76 valence electrons. The van der Waals surface area contributed by atoms with E-state index in [1.807, 2.05) is 6.92 Å². The van der Waals surface area contributed by atoms with E-state index in [0.717, 1.165) is 26.2 Å². The lowest BCUT2D eigenvalue weighted by molar-refractivity contribution is -0.122. The Morgan fingerprint density at radius 1 is 1.77 bits per heavy atom. The number of nitrogens with zero attached hydrogens (tertiary/aromatic N) is 1. The van der Waals surface area contributed by atoms with E-state index in [4.69, 9.17) is 5.73 Å². The zero-order valence-electron chi connectivity index (χ0n) is 8.42. The van der Waals surface area contributed by atoms with Crippen molar-refractivity contribution in [3.8, 4) is 0 Å². The number of nitrogens with one attached hydrogen (secondary N) is 1. The van der Waals surface area contributed by atoms with Crippen molar-refractivity contribution in [3.63, 3.8) is 0 Å². The van der Waals surface area contributed by atoms with Gasteiger partial charge >= 0.3 is 0 Å². The smallest absolute Gasteiger partial charge is 0.221 e. The van der Waals surface area contributed by atoms with E-state index in [1.54, 1.807) is 0 Å². The molecule has 1 amide bonds. The third kappa shape index (κ3) is 2.97.